The summed E-state index contributed by atoms with van der Waals surface area (Å²) in [6.45, 7) is 5.22. The van der Waals surface area contributed by atoms with Crippen molar-refractivity contribution in [3.8, 4) is 0 Å². The Balaban J connectivity index is 4.13. The summed E-state index contributed by atoms with van der Waals surface area (Å²) < 4.78 is 0. The second kappa shape index (κ2) is 6.30. The van der Waals surface area contributed by atoms with Gasteiger partial charge in [-0.05, 0) is 18.9 Å². The third-order valence-corrected chi connectivity index (χ3v) is 1.68. The largest absolute Gasteiger partial charge is 0.392 e. The van der Waals surface area contributed by atoms with Crippen LogP contribution in [0, 0.1) is 0 Å². The van der Waals surface area contributed by atoms with Gasteiger partial charge < -0.3 is 5.11 Å². The van der Waals surface area contributed by atoms with Gasteiger partial charge in [-0.25, -0.2) is 0 Å². The Morgan fingerprint density at radius 3 is 2.33 bits per heavy atom. The van der Waals surface area contributed by atoms with Crippen LogP contribution in [-0.2, 0) is 0 Å². The summed E-state index contributed by atoms with van der Waals surface area (Å²) in [4.78, 5) is 0. The molecule has 1 nitrogen and oxygen atoms in total. The molecule has 0 heterocycles. The highest BCUT2D eigenvalue weighted by molar-refractivity contribution is 6.31. The van der Waals surface area contributed by atoms with Crippen molar-refractivity contribution < 1.29 is 5.11 Å². The predicted octanol–water partition coefficient (Wildman–Crippen LogP) is 3.19. The van der Waals surface area contributed by atoms with Crippen molar-refractivity contribution in [2.24, 2.45) is 0 Å². The number of hydrogen-bond acceptors (Lipinski definition) is 1. The maximum absolute atomic E-state index is 8.79. The smallest absolute Gasteiger partial charge is 0.0693 e. The minimum absolute atomic E-state index is 0.0858. The fourth-order valence-corrected chi connectivity index (χ4v) is 0.851. The summed E-state index contributed by atoms with van der Waals surface area (Å²) in [6.07, 6.45) is 4.29. The van der Waals surface area contributed by atoms with Crippen LogP contribution in [0.5, 0.6) is 0 Å². The fourth-order valence-electron chi connectivity index (χ4n) is 0.625. The summed E-state index contributed by atoms with van der Waals surface area (Å²) in [6, 6.07) is 0. The van der Waals surface area contributed by atoms with Crippen LogP contribution in [0.25, 0.3) is 0 Å². The lowest BCUT2D eigenvalue weighted by Crippen LogP contribution is -1.88. The molecule has 0 saturated carbocycles. The first-order valence-electron chi connectivity index (χ1n) is 3.55. The molecular formula is C9H12Cl2O. The zero-order valence-electron chi connectivity index (χ0n) is 6.98. The Morgan fingerprint density at radius 2 is 2.00 bits per heavy atom. The monoisotopic (exact) mass is 206 g/mol. The van der Waals surface area contributed by atoms with Gasteiger partial charge in [0.1, 0.15) is 0 Å². The highest BCUT2D eigenvalue weighted by Gasteiger charge is 1.95. The fraction of sp³-hybridized carbons (Fsp3) is 0.333. The van der Waals surface area contributed by atoms with Crippen molar-refractivity contribution in [3.05, 3.63) is 34.4 Å². The van der Waals surface area contributed by atoms with Crippen LogP contribution in [0.15, 0.2) is 34.4 Å². The average molecular weight is 207 g/mol. The van der Waals surface area contributed by atoms with E-state index in [0.29, 0.717) is 17.0 Å². The Hall–Kier alpha value is -0.240. The van der Waals surface area contributed by atoms with Crippen LogP contribution >= 0.6 is 23.2 Å². The van der Waals surface area contributed by atoms with E-state index in [1.165, 1.54) is 0 Å². The predicted molar refractivity (Wildman–Crippen MR) is 54.4 cm³/mol. The van der Waals surface area contributed by atoms with Gasteiger partial charge in [0, 0.05) is 10.1 Å². The van der Waals surface area contributed by atoms with E-state index in [-0.39, 0.29) is 6.61 Å². The van der Waals surface area contributed by atoms with Crippen molar-refractivity contribution in [3.63, 3.8) is 0 Å². The molecule has 3 heteroatoms. The van der Waals surface area contributed by atoms with Gasteiger partial charge in [-0.1, -0.05) is 41.9 Å². The van der Waals surface area contributed by atoms with Crippen LogP contribution in [0.2, 0.25) is 0 Å². The standard InChI is InChI=1S/C9H12Cl2O/c1-7(10)4-3-5-9(6-12)8(2)11/h4-5,12H,2-3,6H2,1H3/b7-4+,9-5-. The maximum atomic E-state index is 8.79. The molecule has 0 aromatic heterocycles. The van der Waals surface area contributed by atoms with Gasteiger partial charge in [0.25, 0.3) is 0 Å². The molecule has 0 aromatic rings. The molecule has 0 fully saturated rings. The van der Waals surface area contributed by atoms with E-state index in [4.69, 9.17) is 28.3 Å². The Morgan fingerprint density at radius 1 is 1.42 bits per heavy atom. The van der Waals surface area contributed by atoms with Crippen molar-refractivity contribution in [2.75, 3.05) is 6.61 Å². The molecule has 0 atom stereocenters. The lowest BCUT2D eigenvalue weighted by molar-refractivity contribution is 0.334. The van der Waals surface area contributed by atoms with E-state index in [0.717, 1.165) is 5.03 Å². The van der Waals surface area contributed by atoms with Crippen LogP contribution < -0.4 is 0 Å². The first kappa shape index (κ1) is 11.8. The summed E-state index contributed by atoms with van der Waals surface area (Å²) >= 11 is 11.2. The third kappa shape index (κ3) is 5.42. The molecule has 0 spiro atoms. The first-order chi connectivity index (χ1) is 5.57. The molecule has 0 bridgehead atoms. The number of hydrogen-bond donors (Lipinski definition) is 1. The number of halogens is 2. The van der Waals surface area contributed by atoms with E-state index < -0.39 is 0 Å². The zero-order valence-corrected chi connectivity index (χ0v) is 8.49. The quantitative estimate of drug-likeness (QED) is 0.702. The molecule has 0 saturated heterocycles. The van der Waals surface area contributed by atoms with Crippen LogP contribution in [-0.4, -0.2) is 11.7 Å². The number of allylic oxidation sites excluding steroid dienone is 3. The highest BCUT2D eigenvalue weighted by Crippen LogP contribution is 2.12. The molecule has 0 rings (SSSR count). The van der Waals surface area contributed by atoms with Gasteiger partial charge in [-0.15, -0.1) is 0 Å². The summed E-state index contributed by atoms with van der Waals surface area (Å²) in [7, 11) is 0. The Bertz CT molecular complexity index is 213. The second-order valence-corrected chi connectivity index (χ2v) is 3.37. The third-order valence-electron chi connectivity index (χ3n) is 1.28. The van der Waals surface area contributed by atoms with E-state index in [9.17, 15) is 0 Å². The van der Waals surface area contributed by atoms with Crippen molar-refractivity contribution >= 4 is 23.2 Å². The topological polar surface area (TPSA) is 20.2 Å². The second-order valence-electron chi connectivity index (χ2n) is 2.32. The van der Waals surface area contributed by atoms with E-state index in [1.54, 1.807) is 13.0 Å². The number of aliphatic hydroxyl groups is 1. The lowest BCUT2D eigenvalue weighted by Gasteiger charge is -1.98. The molecule has 0 aliphatic heterocycles. The van der Waals surface area contributed by atoms with E-state index >= 15 is 0 Å². The summed E-state index contributed by atoms with van der Waals surface area (Å²) in [5.74, 6) is 0. The zero-order chi connectivity index (χ0) is 9.56. The number of rotatable bonds is 4. The van der Waals surface area contributed by atoms with Crippen LogP contribution in [0.4, 0.5) is 0 Å². The highest BCUT2D eigenvalue weighted by atomic mass is 35.5. The lowest BCUT2D eigenvalue weighted by atomic mass is 10.2. The molecule has 0 aromatic carbocycles. The van der Waals surface area contributed by atoms with Gasteiger partial charge in [0.05, 0.1) is 6.61 Å². The Kier molecular flexibility index (Phi) is 6.17. The molecule has 0 radical (unpaired) electrons. The molecule has 0 amide bonds. The minimum atomic E-state index is -0.0858. The molecule has 12 heavy (non-hydrogen) atoms. The summed E-state index contributed by atoms with van der Waals surface area (Å²) in [5, 5.41) is 9.89. The molecule has 0 aliphatic carbocycles. The van der Waals surface area contributed by atoms with Gasteiger partial charge in [0.2, 0.25) is 0 Å². The van der Waals surface area contributed by atoms with Gasteiger partial charge in [-0.3, -0.25) is 0 Å². The van der Waals surface area contributed by atoms with Gasteiger partial charge in [-0.2, -0.15) is 0 Å². The van der Waals surface area contributed by atoms with E-state index in [2.05, 4.69) is 6.58 Å². The van der Waals surface area contributed by atoms with Gasteiger partial charge >= 0.3 is 0 Å². The van der Waals surface area contributed by atoms with E-state index in [1.807, 2.05) is 6.08 Å². The Labute approximate surface area is 83.0 Å². The van der Waals surface area contributed by atoms with Crippen LogP contribution in [0.1, 0.15) is 13.3 Å². The van der Waals surface area contributed by atoms with Crippen molar-refractivity contribution in [1.29, 1.82) is 0 Å². The summed E-state index contributed by atoms with van der Waals surface area (Å²) in [5.41, 5.74) is 0.644. The normalized spacial score (nSPS) is 13.3. The molecule has 68 valence electrons. The van der Waals surface area contributed by atoms with Crippen molar-refractivity contribution in [1.82, 2.24) is 0 Å². The minimum Gasteiger partial charge on any atom is -0.392 e. The molecular weight excluding hydrogens is 195 g/mol. The molecule has 1 N–H and O–H groups in total. The number of aliphatic hydroxyl groups excluding tert-OH is 1. The average Bonchev–Trinajstić information content (AvgIpc) is 1.96. The molecule has 0 unspecified atom stereocenters. The first-order valence-corrected chi connectivity index (χ1v) is 4.30. The SMILES string of the molecule is C=C(Cl)/C(=C\C/C=C(\C)Cl)CO. The maximum Gasteiger partial charge on any atom is 0.0693 e. The molecule has 0 aliphatic rings. The van der Waals surface area contributed by atoms with Crippen molar-refractivity contribution in [2.45, 2.75) is 13.3 Å². The van der Waals surface area contributed by atoms with Crippen LogP contribution in [0.3, 0.4) is 0 Å². The van der Waals surface area contributed by atoms with Gasteiger partial charge in [0.15, 0.2) is 0 Å².